The van der Waals surface area contributed by atoms with Crippen LogP contribution < -0.4 is 10.1 Å². The first-order chi connectivity index (χ1) is 12.2. The Morgan fingerprint density at radius 1 is 1.28 bits per heavy atom. The highest BCUT2D eigenvalue weighted by Gasteiger charge is 2.41. The van der Waals surface area contributed by atoms with E-state index in [1.54, 1.807) is 42.7 Å². The normalized spacial score (nSPS) is 24.3. The molecule has 0 spiro atoms. The minimum absolute atomic E-state index is 0.0000174. The van der Waals surface area contributed by atoms with Crippen LogP contribution in [0.15, 0.2) is 42.7 Å². The molecule has 5 nitrogen and oxygen atoms in total. The molecule has 2 bridgehead atoms. The van der Waals surface area contributed by atoms with E-state index in [9.17, 15) is 4.79 Å². The lowest BCUT2D eigenvalue weighted by atomic mass is 9.87. The minimum Gasteiger partial charge on any atom is -0.456 e. The minimum atomic E-state index is 0.0000174. The monoisotopic (exact) mass is 358 g/mol. The zero-order valence-electron chi connectivity index (χ0n) is 13.7. The summed E-state index contributed by atoms with van der Waals surface area (Å²) < 4.78 is 11.5. The third-order valence-electron chi connectivity index (χ3n) is 4.77. The molecule has 4 rings (SSSR count). The SMILES string of the molecule is O=C(CC1CC2CCC1O2)Nc1ccc(Oc2ccncc2)c(Cl)c1. The van der Waals surface area contributed by atoms with Crippen LogP contribution in [0.25, 0.3) is 0 Å². The van der Waals surface area contributed by atoms with Crippen LogP contribution in [0.5, 0.6) is 11.5 Å². The van der Waals surface area contributed by atoms with Gasteiger partial charge in [-0.1, -0.05) is 11.6 Å². The van der Waals surface area contributed by atoms with E-state index in [-0.39, 0.29) is 12.0 Å². The van der Waals surface area contributed by atoms with E-state index in [2.05, 4.69) is 10.3 Å². The Bertz CT molecular complexity index is 769. The highest BCUT2D eigenvalue weighted by atomic mass is 35.5. The van der Waals surface area contributed by atoms with Crippen molar-refractivity contribution in [1.82, 2.24) is 4.98 Å². The Balaban J connectivity index is 1.36. The van der Waals surface area contributed by atoms with Crippen LogP contribution in [-0.4, -0.2) is 23.1 Å². The van der Waals surface area contributed by atoms with Gasteiger partial charge in [0.05, 0.1) is 17.2 Å². The second-order valence-electron chi connectivity index (χ2n) is 6.55. The number of halogens is 1. The van der Waals surface area contributed by atoms with E-state index >= 15 is 0 Å². The summed E-state index contributed by atoms with van der Waals surface area (Å²) in [6, 6.07) is 8.75. The molecule has 2 aliphatic rings. The predicted molar refractivity (Wildman–Crippen MR) is 95.0 cm³/mol. The molecule has 130 valence electrons. The van der Waals surface area contributed by atoms with E-state index in [0.717, 1.165) is 19.3 Å². The van der Waals surface area contributed by atoms with Gasteiger partial charge in [0, 0.05) is 24.5 Å². The number of hydrogen-bond acceptors (Lipinski definition) is 4. The lowest BCUT2D eigenvalue weighted by molar-refractivity contribution is -0.117. The molecule has 2 aromatic rings. The second-order valence-corrected chi connectivity index (χ2v) is 6.96. The van der Waals surface area contributed by atoms with Crippen molar-refractivity contribution in [3.05, 3.63) is 47.7 Å². The first kappa shape index (κ1) is 16.4. The van der Waals surface area contributed by atoms with Gasteiger partial charge >= 0.3 is 0 Å². The van der Waals surface area contributed by atoms with Crippen molar-refractivity contribution in [3.63, 3.8) is 0 Å². The van der Waals surface area contributed by atoms with Crippen LogP contribution in [0.2, 0.25) is 5.02 Å². The van der Waals surface area contributed by atoms with Gasteiger partial charge in [-0.3, -0.25) is 9.78 Å². The summed E-state index contributed by atoms with van der Waals surface area (Å²) in [5.41, 5.74) is 0.668. The van der Waals surface area contributed by atoms with Gasteiger partial charge in [-0.15, -0.1) is 0 Å². The molecule has 3 heterocycles. The van der Waals surface area contributed by atoms with Gasteiger partial charge in [-0.05, 0) is 55.5 Å². The lowest BCUT2D eigenvalue weighted by Gasteiger charge is -2.18. The number of carbonyl (C=O) groups is 1. The van der Waals surface area contributed by atoms with Crippen molar-refractivity contribution in [2.45, 2.75) is 37.9 Å². The molecule has 0 aliphatic carbocycles. The van der Waals surface area contributed by atoms with Gasteiger partial charge in [-0.2, -0.15) is 0 Å². The van der Waals surface area contributed by atoms with Crippen molar-refractivity contribution in [1.29, 1.82) is 0 Å². The molecule has 25 heavy (non-hydrogen) atoms. The van der Waals surface area contributed by atoms with Crippen molar-refractivity contribution >= 4 is 23.2 Å². The molecule has 2 fully saturated rings. The number of benzene rings is 1. The third-order valence-corrected chi connectivity index (χ3v) is 5.07. The van der Waals surface area contributed by atoms with Crippen LogP contribution in [0, 0.1) is 5.92 Å². The van der Waals surface area contributed by atoms with E-state index in [4.69, 9.17) is 21.1 Å². The van der Waals surface area contributed by atoms with Crippen LogP contribution in [-0.2, 0) is 9.53 Å². The maximum atomic E-state index is 12.3. The Morgan fingerprint density at radius 3 is 2.80 bits per heavy atom. The number of fused-ring (bicyclic) bond motifs is 2. The van der Waals surface area contributed by atoms with Crippen molar-refractivity contribution in [3.8, 4) is 11.5 Å². The summed E-state index contributed by atoms with van der Waals surface area (Å²) >= 11 is 6.27. The fourth-order valence-corrected chi connectivity index (χ4v) is 3.82. The zero-order valence-corrected chi connectivity index (χ0v) is 14.4. The molecule has 1 N–H and O–H groups in total. The molecule has 2 saturated heterocycles. The van der Waals surface area contributed by atoms with E-state index in [0.29, 0.717) is 40.7 Å². The molecule has 1 aromatic carbocycles. The standard InChI is InChI=1S/C19H19ClN2O3/c20-16-11-13(1-3-18(16)24-14-5-7-21-8-6-14)22-19(23)10-12-9-15-2-4-17(12)25-15/h1,3,5-8,11-12,15,17H,2,4,9-10H2,(H,22,23). The maximum absolute atomic E-state index is 12.3. The average molecular weight is 359 g/mol. The number of hydrogen-bond donors (Lipinski definition) is 1. The van der Waals surface area contributed by atoms with Crippen molar-refractivity contribution in [2.24, 2.45) is 5.92 Å². The molecule has 3 atom stereocenters. The summed E-state index contributed by atoms with van der Waals surface area (Å²) in [4.78, 5) is 16.2. The van der Waals surface area contributed by atoms with Gasteiger partial charge in [0.15, 0.2) is 0 Å². The summed E-state index contributed by atoms with van der Waals surface area (Å²) in [5.74, 6) is 1.53. The molecular weight excluding hydrogens is 340 g/mol. The summed E-state index contributed by atoms with van der Waals surface area (Å²) in [5, 5.41) is 3.36. The first-order valence-corrected chi connectivity index (χ1v) is 8.88. The fraction of sp³-hybridized carbons (Fsp3) is 0.368. The van der Waals surface area contributed by atoms with Gasteiger partial charge < -0.3 is 14.8 Å². The molecule has 3 unspecified atom stereocenters. The number of pyridine rings is 1. The first-order valence-electron chi connectivity index (χ1n) is 8.50. The number of nitrogens with zero attached hydrogens (tertiary/aromatic N) is 1. The van der Waals surface area contributed by atoms with Crippen molar-refractivity contribution in [2.75, 3.05) is 5.32 Å². The Kier molecular flexibility index (Phi) is 4.59. The molecule has 0 saturated carbocycles. The molecule has 1 amide bonds. The largest absolute Gasteiger partial charge is 0.456 e. The van der Waals surface area contributed by atoms with Gasteiger partial charge in [0.25, 0.3) is 0 Å². The maximum Gasteiger partial charge on any atom is 0.224 e. The molecule has 0 radical (unpaired) electrons. The number of anilines is 1. The Morgan fingerprint density at radius 2 is 2.12 bits per heavy atom. The number of rotatable bonds is 5. The molecule has 2 aliphatic heterocycles. The Labute approximate surface area is 151 Å². The quantitative estimate of drug-likeness (QED) is 0.859. The van der Waals surface area contributed by atoms with Gasteiger partial charge in [-0.25, -0.2) is 0 Å². The number of ether oxygens (including phenoxy) is 2. The summed E-state index contributed by atoms with van der Waals surface area (Å²) in [6.45, 7) is 0. The van der Waals surface area contributed by atoms with Gasteiger partial charge in [0.1, 0.15) is 11.5 Å². The second kappa shape index (κ2) is 7.02. The molecule has 1 aromatic heterocycles. The average Bonchev–Trinajstić information content (AvgIpc) is 3.21. The van der Waals surface area contributed by atoms with Gasteiger partial charge in [0.2, 0.25) is 5.91 Å². The topological polar surface area (TPSA) is 60.5 Å². The number of aromatic nitrogens is 1. The summed E-state index contributed by atoms with van der Waals surface area (Å²) in [7, 11) is 0. The van der Waals surface area contributed by atoms with E-state index < -0.39 is 0 Å². The summed E-state index contributed by atoms with van der Waals surface area (Å²) in [6.07, 6.45) is 7.63. The third kappa shape index (κ3) is 3.78. The lowest BCUT2D eigenvalue weighted by Crippen LogP contribution is -2.23. The fourth-order valence-electron chi connectivity index (χ4n) is 3.60. The number of nitrogens with one attached hydrogen (secondary N) is 1. The van der Waals surface area contributed by atoms with E-state index in [1.165, 1.54) is 0 Å². The van der Waals surface area contributed by atoms with Crippen LogP contribution in [0.1, 0.15) is 25.7 Å². The highest BCUT2D eigenvalue weighted by Crippen LogP contribution is 2.40. The number of amides is 1. The van der Waals surface area contributed by atoms with Crippen LogP contribution in [0.4, 0.5) is 5.69 Å². The van der Waals surface area contributed by atoms with Crippen LogP contribution >= 0.6 is 11.6 Å². The van der Waals surface area contributed by atoms with E-state index in [1.807, 2.05) is 0 Å². The highest BCUT2D eigenvalue weighted by molar-refractivity contribution is 6.32. The molecular formula is C19H19ClN2O3. The number of carbonyl (C=O) groups excluding carboxylic acids is 1. The van der Waals surface area contributed by atoms with Crippen LogP contribution in [0.3, 0.4) is 0 Å². The smallest absolute Gasteiger partial charge is 0.224 e. The Hall–Kier alpha value is -2.11. The molecule has 6 heteroatoms. The zero-order chi connectivity index (χ0) is 17.2. The van der Waals surface area contributed by atoms with Crippen molar-refractivity contribution < 1.29 is 14.3 Å². The predicted octanol–water partition coefficient (Wildman–Crippen LogP) is 4.42.